The third-order valence-electron chi connectivity index (χ3n) is 6.03. The number of fused-ring (bicyclic) bond motifs is 1. The Hall–Kier alpha value is -1.69. The van der Waals surface area contributed by atoms with Crippen molar-refractivity contribution in [2.75, 3.05) is 20.8 Å². The van der Waals surface area contributed by atoms with Gasteiger partial charge >= 0.3 is 0 Å². The molecule has 2 aromatic rings. The van der Waals surface area contributed by atoms with Crippen LogP contribution >= 0.6 is 0 Å². The summed E-state index contributed by atoms with van der Waals surface area (Å²) in [7, 11) is 3.70. The predicted octanol–water partition coefficient (Wildman–Crippen LogP) is 3.03. The van der Waals surface area contributed by atoms with E-state index in [-0.39, 0.29) is 5.60 Å². The van der Waals surface area contributed by atoms with Crippen LogP contribution in [0.3, 0.4) is 0 Å². The fourth-order valence-electron chi connectivity index (χ4n) is 4.56. The maximum atomic E-state index is 6.02. The first-order valence-corrected chi connectivity index (χ1v) is 9.15. The molecule has 2 heterocycles. The number of nitrogens with zero attached hydrogens (tertiary/aromatic N) is 3. The summed E-state index contributed by atoms with van der Waals surface area (Å²) in [5.74, 6) is 0. The van der Waals surface area contributed by atoms with Gasteiger partial charge in [0.1, 0.15) is 0 Å². The summed E-state index contributed by atoms with van der Waals surface area (Å²) >= 11 is 0. The van der Waals surface area contributed by atoms with E-state index in [9.17, 15) is 0 Å². The van der Waals surface area contributed by atoms with E-state index < -0.39 is 0 Å². The maximum Gasteiger partial charge on any atom is 0.0847 e. The van der Waals surface area contributed by atoms with Crippen molar-refractivity contribution in [1.82, 2.24) is 14.7 Å². The minimum absolute atomic E-state index is 0.00442. The zero-order valence-electron chi connectivity index (χ0n) is 15.1. The summed E-state index contributed by atoms with van der Waals surface area (Å²) in [4.78, 5) is 2.56. The number of para-hydroxylation sites is 1. The monoisotopic (exact) mass is 341 g/mol. The van der Waals surface area contributed by atoms with Crippen molar-refractivity contribution in [3.8, 4) is 5.69 Å². The third kappa shape index (κ3) is 3.12. The van der Waals surface area contributed by atoms with Crippen molar-refractivity contribution in [2.45, 2.75) is 50.0 Å². The first-order valence-electron chi connectivity index (χ1n) is 9.15. The molecule has 1 saturated carbocycles. The molecule has 0 radical (unpaired) electrons. The van der Waals surface area contributed by atoms with E-state index in [2.05, 4.69) is 28.3 Å². The Morgan fingerprint density at radius 3 is 2.80 bits per heavy atom. The number of methoxy groups -OCH3 is 2. The van der Waals surface area contributed by atoms with E-state index in [1.807, 2.05) is 43.3 Å². The van der Waals surface area contributed by atoms with Crippen LogP contribution in [0.4, 0.5) is 0 Å². The van der Waals surface area contributed by atoms with E-state index in [0.717, 1.165) is 44.5 Å². The number of hydrogen-bond donors (Lipinski definition) is 0. The van der Waals surface area contributed by atoms with Crippen LogP contribution in [0.25, 0.3) is 5.69 Å². The van der Waals surface area contributed by atoms with Gasteiger partial charge in [-0.05, 0) is 37.8 Å². The van der Waals surface area contributed by atoms with Crippen molar-refractivity contribution >= 4 is 0 Å². The van der Waals surface area contributed by atoms with Gasteiger partial charge in [0.15, 0.2) is 0 Å². The fourth-order valence-corrected chi connectivity index (χ4v) is 4.56. The van der Waals surface area contributed by atoms with E-state index in [4.69, 9.17) is 9.47 Å². The molecule has 0 spiro atoms. The molecule has 1 aliphatic heterocycles. The molecule has 5 nitrogen and oxygen atoms in total. The van der Waals surface area contributed by atoms with Crippen molar-refractivity contribution in [2.24, 2.45) is 0 Å². The van der Waals surface area contributed by atoms with Crippen molar-refractivity contribution in [3.05, 3.63) is 48.3 Å². The second kappa shape index (κ2) is 6.90. The molecule has 25 heavy (non-hydrogen) atoms. The summed E-state index contributed by atoms with van der Waals surface area (Å²) in [6.45, 7) is 1.99. The number of rotatable bonds is 5. The maximum absolute atomic E-state index is 6.02. The smallest absolute Gasteiger partial charge is 0.0847 e. The zero-order chi connectivity index (χ0) is 17.3. The minimum Gasteiger partial charge on any atom is -0.381 e. The molecular weight excluding hydrogens is 314 g/mol. The lowest BCUT2D eigenvalue weighted by Crippen LogP contribution is -2.51. The molecule has 0 N–H and O–H groups in total. The molecule has 2 aliphatic rings. The van der Waals surface area contributed by atoms with Gasteiger partial charge in [0.25, 0.3) is 0 Å². The lowest BCUT2D eigenvalue weighted by molar-refractivity contribution is -0.0947. The molecule has 1 aromatic heterocycles. The Morgan fingerprint density at radius 2 is 2.04 bits per heavy atom. The van der Waals surface area contributed by atoms with Gasteiger partial charge in [0.05, 0.1) is 23.6 Å². The first kappa shape index (κ1) is 16.8. The number of aromatic nitrogens is 2. The van der Waals surface area contributed by atoms with Gasteiger partial charge in [-0.3, -0.25) is 4.90 Å². The molecule has 0 bridgehead atoms. The van der Waals surface area contributed by atoms with Gasteiger partial charge in [-0.1, -0.05) is 18.2 Å². The molecule has 1 aliphatic carbocycles. The van der Waals surface area contributed by atoms with Crippen LogP contribution < -0.4 is 0 Å². The molecule has 1 saturated heterocycles. The Bertz CT molecular complexity index is 702. The lowest BCUT2D eigenvalue weighted by Gasteiger charge is -2.43. The Kier molecular flexibility index (Phi) is 4.63. The Balaban J connectivity index is 1.50. The van der Waals surface area contributed by atoms with E-state index in [1.165, 1.54) is 5.56 Å². The van der Waals surface area contributed by atoms with E-state index in [1.54, 1.807) is 0 Å². The first-order chi connectivity index (χ1) is 12.2. The molecule has 1 aromatic carbocycles. The van der Waals surface area contributed by atoms with Gasteiger partial charge < -0.3 is 9.47 Å². The average Bonchev–Trinajstić information content (AvgIpc) is 3.28. The summed E-state index contributed by atoms with van der Waals surface area (Å²) in [5.41, 5.74) is 2.35. The zero-order valence-corrected chi connectivity index (χ0v) is 15.1. The Morgan fingerprint density at radius 1 is 1.20 bits per heavy atom. The fraction of sp³-hybridized carbons (Fsp3) is 0.550. The Labute approximate surface area is 149 Å². The molecule has 4 rings (SSSR count). The highest BCUT2D eigenvalue weighted by Gasteiger charge is 2.50. The van der Waals surface area contributed by atoms with E-state index in [0.29, 0.717) is 12.1 Å². The summed E-state index contributed by atoms with van der Waals surface area (Å²) in [6.07, 6.45) is 8.82. The molecular formula is C20H27N3O2. The molecule has 0 amide bonds. The van der Waals surface area contributed by atoms with Crippen LogP contribution in [-0.2, 0) is 16.0 Å². The largest absolute Gasteiger partial charge is 0.381 e. The molecule has 3 atom stereocenters. The van der Waals surface area contributed by atoms with Crippen LogP contribution in [0.5, 0.6) is 0 Å². The number of ether oxygens (including phenoxy) is 2. The minimum atomic E-state index is 0.00442. The highest BCUT2D eigenvalue weighted by Crippen LogP contribution is 2.43. The van der Waals surface area contributed by atoms with Crippen LogP contribution in [0.2, 0.25) is 0 Å². The van der Waals surface area contributed by atoms with Gasteiger partial charge in [0.2, 0.25) is 0 Å². The highest BCUT2D eigenvalue weighted by atomic mass is 16.5. The summed E-state index contributed by atoms with van der Waals surface area (Å²) < 4.78 is 13.6. The summed E-state index contributed by atoms with van der Waals surface area (Å²) in [6, 6.07) is 10.7. The molecule has 0 unspecified atom stereocenters. The number of benzene rings is 1. The second-order valence-corrected chi connectivity index (χ2v) is 7.27. The molecule has 5 heteroatoms. The molecule has 134 valence electrons. The predicted molar refractivity (Wildman–Crippen MR) is 96.8 cm³/mol. The van der Waals surface area contributed by atoms with Crippen molar-refractivity contribution < 1.29 is 9.47 Å². The summed E-state index contributed by atoms with van der Waals surface area (Å²) in [5, 5.41) is 4.54. The van der Waals surface area contributed by atoms with Crippen molar-refractivity contribution in [3.63, 3.8) is 0 Å². The van der Waals surface area contributed by atoms with E-state index >= 15 is 0 Å². The standard InChI is InChI=1S/C20H27N3O2/c1-24-18-8-9-20(25-2)10-11-22(19(20)12-18)14-16-13-21-23(15-16)17-6-4-3-5-7-17/h3-7,13,15,18-19H,8-12,14H2,1-2H3/t18-,19-,20+/m0/s1. The van der Waals surface area contributed by atoms with Crippen LogP contribution in [0, 0.1) is 0 Å². The SMILES string of the molecule is CO[C@H]1CC[C@@]2(OC)CCN(Cc3cnn(-c4ccccc4)c3)[C@H]2C1. The van der Waals surface area contributed by atoms with Gasteiger partial charge in [0, 0.05) is 45.1 Å². The third-order valence-corrected chi connectivity index (χ3v) is 6.03. The second-order valence-electron chi connectivity index (χ2n) is 7.27. The normalized spacial score (nSPS) is 29.7. The van der Waals surface area contributed by atoms with Crippen LogP contribution in [0.15, 0.2) is 42.7 Å². The highest BCUT2D eigenvalue weighted by molar-refractivity contribution is 5.31. The quantitative estimate of drug-likeness (QED) is 0.838. The van der Waals surface area contributed by atoms with Gasteiger partial charge in [-0.15, -0.1) is 0 Å². The van der Waals surface area contributed by atoms with Crippen LogP contribution in [0.1, 0.15) is 31.2 Å². The van der Waals surface area contributed by atoms with Crippen molar-refractivity contribution in [1.29, 1.82) is 0 Å². The van der Waals surface area contributed by atoms with Gasteiger partial charge in [-0.2, -0.15) is 5.10 Å². The molecule has 2 fully saturated rings. The lowest BCUT2D eigenvalue weighted by atomic mass is 9.79. The number of hydrogen-bond acceptors (Lipinski definition) is 4. The van der Waals surface area contributed by atoms with Gasteiger partial charge in [-0.25, -0.2) is 4.68 Å². The number of likely N-dealkylation sites (tertiary alicyclic amines) is 1. The van der Waals surface area contributed by atoms with Crippen LogP contribution in [-0.4, -0.2) is 53.2 Å². The average molecular weight is 341 g/mol. The topological polar surface area (TPSA) is 39.5 Å².